The first-order valence-corrected chi connectivity index (χ1v) is 9.90. The predicted octanol–water partition coefficient (Wildman–Crippen LogP) is 4.50. The lowest BCUT2D eigenvalue weighted by Crippen LogP contribution is -2.07. The minimum Gasteiger partial charge on any atom is -0.293 e. The van der Waals surface area contributed by atoms with E-state index < -0.39 is 4.92 Å². The van der Waals surface area contributed by atoms with Crippen LogP contribution in [0.1, 0.15) is 52.9 Å². The van der Waals surface area contributed by atoms with Gasteiger partial charge >= 0.3 is 0 Å². The Morgan fingerprint density at radius 1 is 1.19 bits per heavy atom. The highest BCUT2D eigenvalue weighted by Gasteiger charge is 2.16. The summed E-state index contributed by atoms with van der Waals surface area (Å²) in [5, 5.41) is 20.8. The van der Waals surface area contributed by atoms with Gasteiger partial charge in [0.2, 0.25) is 0 Å². The summed E-state index contributed by atoms with van der Waals surface area (Å²) in [6.45, 7) is 0. The molecule has 3 rings (SSSR count). The number of aromatic nitrogens is 1. The van der Waals surface area contributed by atoms with Crippen LogP contribution in [0.25, 0.3) is 0 Å². The van der Waals surface area contributed by atoms with Gasteiger partial charge in [0.15, 0.2) is 5.78 Å². The summed E-state index contributed by atoms with van der Waals surface area (Å²) in [5.41, 5.74) is 3.07. The first-order chi connectivity index (χ1) is 13.1. The van der Waals surface area contributed by atoms with Crippen LogP contribution in [0.4, 0.5) is 5.69 Å². The van der Waals surface area contributed by atoms with E-state index in [4.69, 9.17) is 0 Å². The molecule has 0 amide bonds. The van der Waals surface area contributed by atoms with Crippen molar-refractivity contribution in [2.24, 2.45) is 0 Å². The normalized spacial score (nSPS) is 13.7. The van der Waals surface area contributed by atoms with Crippen molar-refractivity contribution in [2.75, 3.05) is 5.75 Å². The van der Waals surface area contributed by atoms with E-state index in [1.165, 1.54) is 48.9 Å². The molecule has 0 bridgehead atoms. The minimum atomic E-state index is -0.496. The van der Waals surface area contributed by atoms with Crippen LogP contribution in [0.15, 0.2) is 35.4 Å². The Hall–Kier alpha value is -2.72. The van der Waals surface area contributed by atoms with Crippen LogP contribution in [0.3, 0.4) is 0 Å². The summed E-state index contributed by atoms with van der Waals surface area (Å²) < 4.78 is 0. The van der Waals surface area contributed by atoms with Gasteiger partial charge in [-0.05, 0) is 49.4 Å². The number of rotatable bonds is 5. The number of aryl methyl sites for hydroxylation is 2. The molecule has 27 heavy (non-hydrogen) atoms. The van der Waals surface area contributed by atoms with Crippen LogP contribution in [0.2, 0.25) is 0 Å². The number of hydrogen-bond acceptors (Lipinski definition) is 6. The van der Waals surface area contributed by atoms with Crippen LogP contribution in [0, 0.1) is 21.4 Å². The second-order valence-corrected chi connectivity index (χ2v) is 7.45. The van der Waals surface area contributed by atoms with Gasteiger partial charge in [0, 0.05) is 23.4 Å². The third-order valence-corrected chi connectivity index (χ3v) is 5.62. The highest BCUT2D eigenvalue weighted by Crippen LogP contribution is 2.27. The van der Waals surface area contributed by atoms with E-state index in [1.807, 2.05) is 6.07 Å². The molecular weight excluding hydrogens is 362 g/mol. The third kappa shape index (κ3) is 4.72. The number of carbonyl (C=O) groups excluding carboxylic acids is 1. The van der Waals surface area contributed by atoms with Crippen LogP contribution in [-0.4, -0.2) is 21.4 Å². The van der Waals surface area contributed by atoms with E-state index in [1.54, 1.807) is 0 Å². The summed E-state index contributed by atoms with van der Waals surface area (Å²) >= 11 is 1.25. The van der Waals surface area contributed by atoms with Crippen molar-refractivity contribution in [1.82, 2.24) is 4.98 Å². The molecule has 138 valence electrons. The van der Waals surface area contributed by atoms with Crippen molar-refractivity contribution in [1.29, 1.82) is 5.26 Å². The molecule has 7 heteroatoms. The number of nitriles is 1. The Bertz CT molecular complexity index is 904. The van der Waals surface area contributed by atoms with Crippen LogP contribution < -0.4 is 0 Å². The first-order valence-electron chi connectivity index (χ1n) is 8.92. The van der Waals surface area contributed by atoms with Crippen LogP contribution >= 0.6 is 11.8 Å². The number of nitrogens with zero attached hydrogens (tertiary/aromatic N) is 3. The number of benzene rings is 1. The fraction of sp³-hybridized carbons (Fsp3) is 0.350. The van der Waals surface area contributed by atoms with E-state index in [-0.39, 0.29) is 17.2 Å². The van der Waals surface area contributed by atoms with Crippen LogP contribution in [-0.2, 0) is 12.8 Å². The number of non-ortho nitro benzene ring substituents is 1. The Balaban J connectivity index is 1.74. The van der Waals surface area contributed by atoms with Crippen molar-refractivity contribution >= 4 is 23.2 Å². The quantitative estimate of drug-likeness (QED) is 0.327. The van der Waals surface area contributed by atoms with Crippen molar-refractivity contribution < 1.29 is 9.72 Å². The highest BCUT2D eigenvalue weighted by molar-refractivity contribution is 8.00. The fourth-order valence-corrected chi connectivity index (χ4v) is 4.01. The molecule has 0 spiro atoms. The largest absolute Gasteiger partial charge is 0.293 e. The fourth-order valence-electron chi connectivity index (χ4n) is 3.14. The van der Waals surface area contributed by atoms with E-state index in [0.29, 0.717) is 16.2 Å². The molecule has 1 aliphatic carbocycles. The number of nitro groups is 1. The van der Waals surface area contributed by atoms with E-state index in [0.717, 1.165) is 36.9 Å². The second-order valence-electron chi connectivity index (χ2n) is 6.49. The zero-order chi connectivity index (χ0) is 19.2. The standard InChI is InChI=1S/C20H19N3O3S/c21-12-16-11-15-5-3-1-2-4-6-18(15)22-20(16)27-13-19(24)14-7-9-17(10-8-14)23(25)26/h7-11H,1-6,13H2. The number of ketones is 1. The average molecular weight is 381 g/mol. The zero-order valence-electron chi connectivity index (χ0n) is 14.8. The van der Waals surface area contributed by atoms with Gasteiger partial charge in [-0.15, -0.1) is 0 Å². The van der Waals surface area contributed by atoms with Gasteiger partial charge in [0.1, 0.15) is 11.1 Å². The zero-order valence-corrected chi connectivity index (χ0v) is 15.6. The number of fused-ring (bicyclic) bond motifs is 1. The van der Waals surface area contributed by atoms with Crippen LogP contribution in [0.5, 0.6) is 0 Å². The predicted molar refractivity (Wildman–Crippen MR) is 103 cm³/mol. The first kappa shape index (κ1) is 19.1. The minimum absolute atomic E-state index is 0.0469. The van der Waals surface area contributed by atoms with E-state index >= 15 is 0 Å². The second kappa shape index (κ2) is 8.78. The molecule has 6 nitrogen and oxygen atoms in total. The lowest BCUT2D eigenvalue weighted by atomic mass is 9.96. The van der Waals surface area contributed by atoms with Gasteiger partial charge in [-0.3, -0.25) is 14.9 Å². The van der Waals surface area contributed by atoms with Crippen molar-refractivity contribution in [3.63, 3.8) is 0 Å². The van der Waals surface area contributed by atoms with Gasteiger partial charge < -0.3 is 0 Å². The number of nitro benzene ring substituents is 1. The van der Waals surface area contributed by atoms with Gasteiger partial charge in [-0.2, -0.15) is 5.26 Å². The molecule has 1 aromatic carbocycles. The third-order valence-electron chi connectivity index (χ3n) is 4.63. The summed E-state index contributed by atoms with van der Waals surface area (Å²) in [6, 6.07) is 9.68. The summed E-state index contributed by atoms with van der Waals surface area (Å²) in [5.74, 6) is -0.00881. The molecule has 0 saturated carbocycles. The number of Topliss-reactive ketones (excluding diaryl/α,β-unsaturated/α-hetero) is 1. The van der Waals surface area contributed by atoms with Gasteiger partial charge in [0.25, 0.3) is 5.69 Å². The molecule has 2 aromatic rings. The Morgan fingerprint density at radius 3 is 2.56 bits per heavy atom. The number of carbonyl (C=O) groups is 1. The van der Waals surface area contributed by atoms with Gasteiger partial charge in [-0.1, -0.05) is 24.6 Å². The Morgan fingerprint density at radius 2 is 1.89 bits per heavy atom. The molecule has 0 atom stereocenters. The summed E-state index contributed by atoms with van der Waals surface area (Å²) in [4.78, 5) is 27.3. The molecule has 1 aromatic heterocycles. The molecule has 0 aliphatic heterocycles. The maximum atomic E-state index is 12.4. The molecule has 0 radical (unpaired) electrons. The SMILES string of the molecule is N#Cc1cc2c(nc1SCC(=O)c1ccc([N+](=O)[O-])cc1)CCCCCC2. The summed E-state index contributed by atoms with van der Waals surface area (Å²) in [6.07, 6.45) is 6.47. The topological polar surface area (TPSA) is 96.9 Å². The lowest BCUT2D eigenvalue weighted by molar-refractivity contribution is -0.384. The maximum absolute atomic E-state index is 12.4. The molecule has 1 heterocycles. The van der Waals surface area contributed by atoms with Gasteiger partial charge in [-0.25, -0.2) is 4.98 Å². The number of thioether (sulfide) groups is 1. The molecular formula is C20H19N3O3S. The molecule has 0 unspecified atom stereocenters. The molecule has 1 aliphatic rings. The highest BCUT2D eigenvalue weighted by atomic mass is 32.2. The van der Waals surface area contributed by atoms with Gasteiger partial charge in [0.05, 0.1) is 16.2 Å². The Labute approximate surface area is 161 Å². The number of pyridine rings is 1. The maximum Gasteiger partial charge on any atom is 0.269 e. The van der Waals surface area contributed by atoms with Crippen molar-refractivity contribution in [3.05, 3.63) is 62.8 Å². The average Bonchev–Trinajstić information content (AvgIpc) is 2.66. The van der Waals surface area contributed by atoms with Crippen molar-refractivity contribution in [2.45, 2.75) is 43.6 Å². The molecule has 0 saturated heterocycles. The summed E-state index contributed by atoms with van der Waals surface area (Å²) in [7, 11) is 0. The molecule has 0 fully saturated rings. The van der Waals surface area contributed by atoms with E-state index in [9.17, 15) is 20.2 Å². The smallest absolute Gasteiger partial charge is 0.269 e. The van der Waals surface area contributed by atoms with E-state index in [2.05, 4.69) is 11.1 Å². The lowest BCUT2D eigenvalue weighted by Gasteiger charge is -2.15. The Kier molecular flexibility index (Phi) is 6.20. The monoisotopic (exact) mass is 381 g/mol. The van der Waals surface area contributed by atoms with Crippen molar-refractivity contribution in [3.8, 4) is 6.07 Å². The molecule has 0 N–H and O–H groups in total. The number of hydrogen-bond donors (Lipinski definition) is 0.